The molecule has 0 amide bonds. The standard InChI is InChI=1S/C11H13N3O2/c1-16-11(15)8(6-12)10-7-4-2-3-5-9(7)13-14-10/h2-5,8H,6,12H2,1H3,(H,13,14). The van der Waals surface area contributed by atoms with Gasteiger partial charge in [0, 0.05) is 11.9 Å². The number of hydrogen-bond acceptors (Lipinski definition) is 4. The Morgan fingerprint density at radius 1 is 1.56 bits per heavy atom. The van der Waals surface area contributed by atoms with Gasteiger partial charge in [-0.2, -0.15) is 5.10 Å². The second kappa shape index (κ2) is 4.32. The minimum atomic E-state index is -0.489. The highest BCUT2D eigenvalue weighted by molar-refractivity contribution is 5.88. The van der Waals surface area contributed by atoms with E-state index in [4.69, 9.17) is 10.5 Å². The van der Waals surface area contributed by atoms with Crippen LogP contribution in [0, 0.1) is 0 Å². The Balaban J connectivity index is 2.49. The number of nitrogens with zero attached hydrogens (tertiary/aromatic N) is 1. The van der Waals surface area contributed by atoms with Crippen molar-refractivity contribution in [2.24, 2.45) is 5.73 Å². The number of nitrogens with two attached hydrogens (primary N) is 1. The van der Waals surface area contributed by atoms with Gasteiger partial charge in [-0.1, -0.05) is 18.2 Å². The zero-order valence-electron chi connectivity index (χ0n) is 8.93. The molecule has 3 N–H and O–H groups in total. The fourth-order valence-electron chi connectivity index (χ4n) is 1.72. The van der Waals surface area contributed by atoms with E-state index < -0.39 is 5.92 Å². The lowest BCUT2D eigenvalue weighted by atomic mass is 10.0. The number of para-hydroxylation sites is 1. The summed E-state index contributed by atoms with van der Waals surface area (Å²) in [7, 11) is 1.35. The Hall–Kier alpha value is -1.88. The Kier molecular flexibility index (Phi) is 2.87. The van der Waals surface area contributed by atoms with Gasteiger partial charge in [0.05, 0.1) is 18.3 Å². The number of ether oxygens (including phenoxy) is 1. The Bertz CT molecular complexity index is 507. The number of carbonyl (C=O) groups excluding carboxylic acids is 1. The summed E-state index contributed by atoms with van der Waals surface area (Å²) in [4.78, 5) is 11.5. The van der Waals surface area contributed by atoms with Crippen molar-refractivity contribution in [1.82, 2.24) is 10.2 Å². The minimum absolute atomic E-state index is 0.193. The van der Waals surface area contributed by atoms with E-state index in [9.17, 15) is 4.79 Å². The van der Waals surface area contributed by atoms with E-state index in [1.807, 2.05) is 24.3 Å². The van der Waals surface area contributed by atoms with Gasteiger partial charge in [-0.05, 0) is 6.07 Å². The average Bonchev–Trinajstić information content (AvgIpc) is 2.74. The molecule has 16 heavy (non-hydrogen) atoms. The van der Waals surface area contributed by atoms with Crippen molar-refractivity contribution in [1.29, 1.82) is 0 Å². The molecule has 0 saturated carbocycles. The van der Waals surface area contributed by atoms with Crippen LogP contribution in [0.1, 0.15) is 11.6 Å². The van der Waals surface area contributed by atoms with Gasteiger partial charge >= 0.3 is 5.97 Å². The minimum Gasteiger partial charge on any atom is -0.468 e. The van der Waals surface area contributed by atoms with Crippen molar-refractivity contribution in [3.63, 3.8) is 0 Å². The number of hydrogen-bond donors (Lipinski definition) is 2. The first-order valence-corrected chi connectivity index (χ1v) is 4.98. The summed E-state index contributed by atoms with van der Waals surface area (Å²) in [5, 5.41) is 7.87. The molecular formula is C11H13N3O2. The Morgan fingerprint density at radius 2 is 2.31 bits per heavy atom. The summed E-state index contributed by atoms with van der Waals surface area (Å²) in [5.41, 5.74) is 7.12. The van der Waals surface area contributed by atoms with Crippen molar-refractivity contribution in [2.75, 3.05) is 13.7 Å². The summed E-state index contributed by atoms with van der Waals surface area (Å²) in [5.74, 6) is -0.839. The van der Waals surface area contributed by atoms with Gasteiger partial charge in [-0.3, -0.25) is 9.89 Å². The maximum Gasteiger partial charge on any atom is 0.316 e. The molecule has 0 saturated heterocycles. The SMILES string of the molecule is COC(=O)C(CN)c1[nH]nc2ccccc12. The number of benzene rings is 1. The zero-order valence-corrected chi connectivity index (χ0v) is 8.93. The molecule has 0 bridgehead atoms. The van der Waals surface area contributed by atoms with Gasteiger partial charge < -0.3 is 10.5 Å². The predicted octanol–water partition coefficient (Wildman–Crippen LogP) is 0.778. The molecule has 1 heterocycles. The molecule has 0 aliphatic carbocycles. The molecule has 0 radical (unpaired) electrons. The van der Waals surface area contributed by atoms with Gasteiger partial charge in [-0.25, -0.2) is 0 Å². The molecule has 0 fully saturated rings. The Labute approximate surface area is 92.6 Å². The quantitative estimate of drug-likeness (QED) is 0.747. The van der Waals surface area contributed by atoms with Gasteiger partial charge in [0.1, 0.15) is 5.92 Å². The summed E-state index contributed by atoms with van der Waals surface area (Å²) in [6.45, 7) is 0.193. The molecule has 5 heteroatoms. The molecule has 84 valence electrons. The number of methoxy groups -OCH3 is 1. The first-order chi connectivity index (χ1) is 7.77. The first-order valence-electron chi connectivity index (χ1n) is 4.98. The van der Waals surface area contributed by atoms with E-state index in [0.717, 1.165) is 10.9 Å². The van der Waals surface area contributed by atoms with Crippen LogP contribution in [0.15, 0.2) is 24.3 Å². The lowest BCUT2D eigenvalue weighted by Gasteiger charge is -2.10. The van der Waals surface area contributed by atoms with Crippen LogP contribution in [0.4, 0.5) is 0 Å². The number of carbonyl (C=O) groups is 1. The second-order valence-electron chi connectivity index (χ2n) is 3.47. The fraction of sp³-hybridized carbons (Fsp3) is 0.273. The molecule has 1 aromatic heterocycles. The highest BCUT2D eigenvalue weighted by atomic mass is 16.5. The largest absolute Gasteiger partial charge is 0.468 e. The molecule has 5 nitrogen and oxygen atoms in total. The van der Waals surface area contributed by atoms with Crippen molar-refractivity contribution in [2.45, 2.75) is 5.92 Å². The van der Waals surface area contributed by atoms with Gasteiger partial charge in [-0.15, -0.1) is 0 Å². The number of aromatic nitrogens is 2. The fourth-order valence-corrected chi connectivity index (χ4v) is 1.72. The summed E-state index contributed by atoms with van der Waals surface area (Å²) in [6, 6.07) is 7.56. The average molecular weight is 219 g/mol. The van der Waals surface area contributed by atoms with E-state index in [2.05, 4.69) is 10.2 Å². The molecule has 0 aliphatic heterocycles. The predicted molar refractivity (Wildman–Crippen MR) is 59.9 cm³/mol. The molecular weight excluding hydrogens is 206 g/mol. The van der Waals surface area contributed by atoms with Crippen LogP contribution in [-0.4, -0.2) is 29.8 Å². The number of fused-ring (bicyclic) bond motifs is 1. The normalized spacial score (nSPS) is 12.6. The highest BCUT2D eigenvalue weighted by Crippen LogP contribution is 2.23. The highest BCUT2D eigenvalue weighted by Gasteiger charge is 2.23. The van der Waals surface area contributed by atoms with Gasteiger partial charge in [0.15, 0.2) is 0 Å². The van der Waals surface area contributed by atoms with Crippen molar-refractivity contribution in [3.8, 4) is 0 Å². The van der Waals surface area contributed by atoms with Crippen molar-refractivity contribution in [3.05, 3.63) is 30.0 Å². The van der Waals surface area contributed by atoms with E-state index >= 15 is 0 Å². The van der Waals surface area contributed by atoms with E-state index in [0.29, 0.717) is 5.69 Å². The molecule has 2 rings (SSSR count). The zero-order chi connectivity index (χ0) is 11.5. The number of aromatic amines is 1. The maximum atomic E-state index is 11.5. The number of rotatable bonds is 3. The third kappa shape index (κ3) is 1.65. The second-order valence-corrected chi connectivity index (χ2v) is 3.47. The first kappa shape index (κ1) is 10.6. The molecule has 1 unspecified atom stereocenters. The molecule has 1 aromatic carbocycles. The third-order valence-electron chi connectivity index (χ3n) is 2.56. The van der Waals surface area contributed by atoms with Crippen molar-refractivity contribution < 1.29 is 9.53 Å². The van der Waals surface area contributed by atoms with Crippen LogP contribution in [0.2, 0.25) is 0 Å². The van der Waals surface area contributed by atoms with Crippen LogP contribution in [0.5, 0.6) is 0 Å². The van der Waals surface area contributed by atoms with Crippen LogP contribution < -0.4 is 5.73 Å². The molecule has 0 aliphatic rings. The topological polar surface area (TPSA) is 81.0 Å². The lowest BCUT2D eigenvalue weighted by molar-refractivity contribution is -0.142. The Morgan fingerprint density at radius 3 is 3.00 bits per heavy atom. The number of H-pyrrole nitrogens is 1. The lowest BCUT2D eigenvalue weighted by Crippen LogP contribution is -2.23. The summed E-state index contributed by atoms with van der Waals surface area (Å²) < 4.78 is 4.71. The monoisotopic (exact) mass is 219 g/mol. The van der Waals surface area contributed by atoms with Crippen LogP contribution in [-0.2, 0) is 9.53 Å². The van der Waals surface area contributed by atoms with E-state index in [1.54, 1.807) is 0 Å². The maximum absolute atomic E-state index is 11.5. The van der Waals surface area contributed by atoms with Gasteiger partial charge in [0.2, 0.25) is 0 Å². The van der Waals surface area contributed by atoms with Crippen LogP contribution in [0.25, 0.3) is 10.9 Å². The summed E-state index contributed by atoms with van der Waals surface area (Å²) in [6.07, 6.45) is 0. The van der Waals surface area contributed by atoms with E-state index in [-0.39, 0.29) is 12.5 Å². The van der Waals surface area contributed by atoms with Crippen LogP contribution in [0.3, 0.4) is 0 Å². The number of esters is 1. The number of nitrogens with one attached hydrogen (secondary N) is 1. The third-order valence-corrected chi connectivity index (χ3v) is 2.56. The molecule has 2 aromatic rings. The van der Waals surface area contributed by atoms with E-state index in [1.165, 1.54) is 7.11 Å². The smallest absolute Gasteiger partial charge is 0.316 e. The molecule has 0 spiro atoms. The van der Waals surface area contributed by atoms with Crippen molar-refractivity contribution >= 4 is 16.9 Å². The summed E-state index contributed by atoms with van der Waals surface area (Å²) >= 11 is 0. The van der Waals surface area contributed by atoms with Crippen LogP contribution >= 0.6 is 0 Å². The molecule has 1 atom stereocenters. The van der Waals surface area contributed by atoms with Gasteiger partial charge in [0.25, 0.3) is 0 Å².